The Labute approximate surface area is 116 Å². The Bertz CT molecular complexity index is 591. The first kappa shape index (κ1) is 12.4. The Morgan fingerprint density at radius 1 is 1.26 bits per heavy atom. The third-order valence-corrected chi connectivity index (χ3v) is 4.51. The van der Waals surface area contributed by atoms with Gasteiger partial charge in [-0.3, -0.25) is 4.79 Å². The van der Waals surface area contributed by atoms with Crippen LogP contribution in [-0.4, -0.2) is 17.3 Å². The van der Waals surface area contributed by atoms with Crippen LogP contribution in [0.3, 0.4) is 0 Å². The number of hydrogen-bond acceptors (Lipinski definition) is 4. The Morgan fingerprint density at radius 2 is 2.05 bits per heavy atom. The molecule has 0 unspecified atom stereocenters. The van der Waals surface area contributed by atoms with Gasteiger partial charge in [-0.2, -0.15) is 0 Å². The van der Waals surface area contributed by atoms with Gasteiger partial charge in [0.1, 0.15) is 5.69 Å². The number of anilines is 2. The molecular formula is C15H16N2OS. The molecule has 1 aromatic heterocycles. The third kappa shape index (κ3) is 2.28. The summed E-state index contributed by atoms with van der Waals surface area (Å²) in [4.78, 5) is 19.8. The van der Waals surface area contributed by atoms with E-state index in [0.29, 0.717) is 12.1 Å². The highest BCUT2D eigenvalue weighted by Gasteiger charge is 2.24. The number of nitrogens with zero attached hydrogens (tertiary/aromatic N) is 2. The van der Waals surface area contributed by atoms with Gasteiger partial charge in [0.05, 0.1) is 0 Å². The van der Waals surface area contributed by atoms with Crippen molar-refractivity contribution in [3.63, 3.8) is 0 Å². The number of rotatable bonds is 3. The molecule has 0 amide bonds. The summed E-state index contributed by atoms with van der Waals surface area (Å²) in [5, 5.41) is 0.939. The zero-order valence-electron chi connectivity index (χ0n) is 10.9. The molecular weight excluding hydrogens is 256 g/mol. The molecule has 0 aliphatic heterocycles. The van der Waals surface area contributed by atoms with E-state index in [0.717, 1.165) is 35.1 Å². The highest BCUT2D eigenvalue weighted by atomic mass is 32.1. The predicted octanol–water partition coefficient (Wildman–Crippen LogP) is 3.82. The number of carbonyl (C=O) groups is 1. The van der Waals surface area contributed by atoms with Gasteiger partial charge in [-0.05, 0) is 31.9 Å². The molecule has 19 heavy (non-hydrogen) atoms. The first-order valence-electron chi connectivity index (χ1n) is 6.65. The Balaban J connectivity index is 1.99. The minimum Gasteiger partial charge on any atom is -0.318 e. The second-order valence-electron chi connectivity index (χ2n) is 4.62. The van der Waals surface area contributed by atoms with Crippen molar-refractivity contribution in [2.45, 2.75) is 26.2 Å². The highest BCUT2D eigenvalue weighted by Crippen LogP contribution is 2.34. The van der Waals surface area contributed by atoms with Crippen molar-refractivity contribution >= 4 is 27.9 Å². The van der Waals surface area contributed by atoms with Crippen LogP contribution in [0.2, 0.25) is 0 Å². The fourth-order valence-electron chi connectivity index (χ4n) is 2.41. The lowest BCUT2D eigenvalue weighted by molar-refractivity contribution is 0.0968. The summed E-state index contributed by atoms with van der Waals surface area (Å²) in [6.45, 7) is 2.96. The summed E-state index contributed by atoms with van der Waals surface area (Å²) in [7, 11) is 0. The van der Waals surface area contributed by atoms with Crippen molar-refractivity contribution < 1.29 is 4.79 Å². The molecule has 2 aromatic rings. The first-order chi connectivity index (χ1) is 9.29. The van der Waals surface area contributed by atoms with Crippen LogP contribution >= 0.6 is 11.3 Å². The quantitative estimate of drug-likeness (QED) is 0.851. The van der Waals surface area contributed by atoms with Gasteiger partial charge in [0.2, 0.25) is 0 Å². The zero-order valence-corrected chi connectivity index (χ0v) is 11.7. The number of carbonyl (C=O) groups excluding carboxylic acids is 1. The van der Waals surface area contributed by atoms with E-state index < -0.39 is 0 Å². The van der Waals surface area contributed by atoms with E-state index in [1.807, 2.05) is 18.2 Å². The number of para-hydroxylation sites is 1. The van der Waals surface area contributed by atoms with E-state index in [2.05, 4.69) is 28.9 Å². The van der Waals surface area contributed by atoms with Crippen molar-refractivity contribution in [3.8, 4) is 0 Å². The molecule has 0 saturated carbocycles. The van der Waals surface area contributed by atoms with Crippen molar-refractivity contribution in [2.75, 3.05) is 11.4 Å². The normalized spacial score (nSPS) is 14.3. The molecule has 1 aliphatic carbocycles. The monoisotopic (exact) mass is 272 g/mol. The molecule has 0 atom stereocenters. The molecule has 0 saturated heterocycles. The standard InChI is InChI=1S/C15H16N2OS/c1-2-17(11-7-4-3-5-8-11)15-16-14-12(18)9-6-10-13(14)19-15/h3-5,7-8H,2,6,9-10H2,1H3. The topological polar surface area (TPSA) is 33.2 Å². The number of Topliss-reactive ketones (excluding diaryl/α,β-unsaturated/α-hetero) is 1. The molecule has 1 aromatic carbocycles. The molecule has 0 fully saturated rings. The molecule has 98 valence electrons. The maximum atomic E-state index is 11.9. The van der Waals surface area contributed by atoms with Gasteiger partial charge in [0.15, 0.2) is 10.9 Å². The van der Waals surface area contributed by atoms with Gasteiger partial charge in [-0.15, -0.1) is 11.3 Å². The molecule has 3 nitrogen and oxygen atoms in total. The summed E-state index contributed by atoms with van der Waals surface area (Å²) >= 11 is 1.66. The van der Waals surface area contributed by atoms with Crippen LogP contribution in [0.1, 0.15) is 35.1 Å². The Morgan fingerprint density at radius 3 is 2.74 bits per heavy atom. The lowest BCUT2D eigenvalue weighted by Crippen LogP contribution is -2.16. The van der Waals surface area contributed by atoms with Crippen LogP contribution in [0.25, 0.3) is 0 Å². The lowest BCUT2D eigenvalue weighted by atomic mass is 10.0. The first-order valence-corrected chi connectivity index (χ1v) is 7.46. The largest absolute Gasteiger partial charge is 0.318 e. The van der Waals surface area contributed by atoms with Gasteiger partial charge < -0.3 is 4.90 Å². The number of hydrogen-bond donors (Lipinski definition) is 0. The van der Waals surface area contributed by atoms with Crippen LogP contribution in [0.15, 0.2) is 30.3 Å². The highest BCUT2D eigenvalue weighted by molar-refractivity contribution is 7.16. The van der Waals surface area contributed by atoms with Crippen molar-refractivity contribution in [1.82, 2.24) is 4.98 Å². The van der Waals surface area contributed by atoms with E-state index in [1.54, 1.807) is 11.3 Å². The van der Waals surface area contributed by atoms with E-state index in [4.69, 9.17) is 0 Å². The Hall–Kier alpha value is -1.68. The summed E-state index contributed by atoms with van der Waals surface area (Å²) in [6.07, 6.45) is 2.60. The fourth-order valence-corrected chi connectivity index (χ4v) is 3.61. The smallest absolute Gasteiger partial charge is 0.190 e. The van der Waals surface area contributed by atoms with E-state index in [9.17, 15) is 4.79 Å². The SMILES string of the molecule is CCN(c1ccccc1)c1nc2c(s1)CCCC2=O. The predicted molar refractivity (Wildman–Crippen MR) is 78.5 cm³/mol. The molecule has 0 bridgehead atoms. The van der Waals surface area contributed by atoms with Crippen molar-refractivity contribution in [1.29, 1.82) is 0 Å². The van der Waals surface area contributed by atoms with Gasteiger partial charge in [-0.1, -0.05) is 18.2 Å². The number of thiazole rings is 1. The van der Waals surface area contributed by atoms with Crippen LogP contribution in [-0.2, 0) is 6.42 Å². The van der Waals surface area contributed by atoms with Gasteiger partial charge in [-0.25, -0.2) is 4.98 Å². The molecule has 1 heterocycles. The third-order valence-electron chi connectivity index (χ3n) is 3.37. The number of fused-ring (bicyclic) bond motifs is 1. The number of aromatic nitrogens is 1. The summed E-state index contributed by atoms with van der Waals surface area (Å²) in [5.74, 6) is 0.202. The molecule has 4 heteroatoms. The van der Waals surface area contributed by atoms with Crippen LogP contribution < -0.4 is 4.90 Å². The van der Waals surface area contributed by atoms with Crippen molar-refractivity contribution in [2.24, 2.45) is 0 Å². The van der Waals surface area contributed by atoms with E-state index >= 15 is 0 Å². The summed E-state index contributed by atoms with van der Waals surface area (Å²) in [5.41, 5.74) is 1.84. The van der Waals surface area contributed by atoms with Crippen molar-refractivity contribution in [3.05, 3.63) is 40.9 Å². The molecule has 1 aliphatic rings. The average Bonchev–Trinajstić information content (AvgIpc) is 2.86. The second-order valence-corrected chi connectivity index (χ2v) is 5.69. The second kappa shape index (κ2) is 5.13. The van der Waals surface area contributed by atoms with Gasteiger partial charge in [0.25, 0.3) is 0 Å². The number of aryl methyl sites for hydroxylation is 1. The van der Waals surface area contributed by atoms with E-state index in [-0.39, 0.29) is 5.78 Å². The van der Waals surface area contributed by atoms with Gasteiger partial charge >= 0.3 is 0 Å². The summed E-state index contributed by atoms with van der Waals surface area (Å²) < 4.78 is 0. The average molecular weight is 272 g/mol. The lowest BCUT2D eigenvalue weighted by Gasteiger charge is -2.19. The molecule has 0 N–H and O–H groups in total. The van der Waals surface area contributed by atoms with E-state index in [1.165, 1.54) is 0 Å². The molecule has 3 rings (SSSR count). The Kier molecular flexibility index (Phi) is 3.34. The fraction of sp³-hybridized carbons (Fsp3) is 0.333. The maximum Gasteiger partial charge on any atom is 0.190 e. The minimum atomic E-state index is 0.202. The summed E-state index contributed by atoms with van der Waals surface area (Å²) in [6, 6.07) is 10.2. The maximum absolute atomic E-state index is 11.9. The number of ketones is 1. The minimum absolute atomic E-state index is 0.202. The van der Waals surface area contributed by atoms with Crippen LogP contribution in [0, 0.1) is 0 Å². The van der Waals surface area contributed by atoms with Gasteiger partial charge in [0, 0.05) is 23.5 Å². The molecule has 0 radical (unpaired) electrons. The van der Waals surface area contributed by atoms with Crippen LogP contribution in [0.5, 0.6) is 0 Å². The zero-order chi connectivity index (χ0) is 13.2. The number of benzene rings is 1. The molecule has 0 spiro atoms. The van der Waals surface area contributed by atoms with Crippen LogP contribution in [0.4, 0.5) is 10.8 Å².